The van der Waals surface area contributed by atoms with Gasteiger partial charge in [-0.05, 0) is 88.0 Å². The summed E-state index contributed by atoms with van der Waals surface area (Å²) < 4.78 is 36.7. The van der Waals surface area contributed by atoms with Crippen molar-refractivity contribution < 1.29 is 23.2 Å². The van der Waals surface area contributed by atoms with Crippen LogP contribution in [0.2, 0.25) is 5.02 Å². The van der Waals surface area contributed by atoms with Gasteiger partial charge in [-0.2, -0.15) is 0 Å². The molecule has 29 heavy (non-hydrogen) atoms. The predicted molar refractivity (Wildman–Crippen MR) is 116 cm³/mol. The summed E-state index contributed by atoms with van der Waals surface area (Å²) in [6.45, 7) is 10.2. The van der Waals surface area contributed by atoms with Crippen molar-refractivity contribution in [1.29, 1.82) is 0 Å². The van der Waals surface area contributed by atoms with E-state index in [1.54, 1.807) is 39.0 Å². The maximum atomic E-state index is 13.1. The summed E-state index contributed by atoms with van der Waals surface area (Å²) in [5.74, 6) is -1.30. The average molecular weight is 420 g/mol. The standard InChI is InChI=1S/C24H29ClO4/c1-7-17(5)28-23(27)24(6,8-2)29-19-10-11-20(15(3)14-19)22(26)18-9-12-21(25)16(4)13-18/h9-14,17H,7-8H2,1-6H3/i10D,11D,14D. The number of halogens is 1. The van der Waals surface area contributed by atoms with Crippen LogP contribution in [0, 0.1) is 13.8 Å². The topological polar surface area (TPSA) is 52.6 Å². The fraction of sp³-hybridized carbons (Fsp3) is 0.417. The molecule has 5 heteroatoms. The zero-order valence-corrected chi connectivity index (χ0v) is 18.5. The van der Waals surface area contributed by atoms with E-state index in [1.807, 2.05) is 6.92 Å². The van der Waals surface area contributed by atoms with Gasteiger partial charge in [-0.15, -0.1) is 0 Å². The number of hydrogen-bond acceptors (Lipinski definition) is 4. The molecule has 0 aromatic heterocycles. The minimum atomic E-state index is -1.44. The highest BCUT2D eigenvalue weighted by Gasteiger charge is 2.36. The highest BCUT2D eigenvalue weighted by atomic mass is 35.5. The molecule has 2 rings (SSSR count). The van der Waals surface area contributed by atoms with E-state index in [2.05, 4.69) is 0 Å². The lowest BCUT2D eigenvalue weighted by molar-refractivity contribution is -0.166. The Balaban J connectivity index is 2.53. The molecule has 0 aliphatic carbocycles. The molecule has 2 unspecified atom stereocenters. The van der Waals surface area contributed by atoms with E-state index in [1.165, 1.54) is 13.8 Å². The lowest BCUT2D eigenvalue weighted by Crippen LogP contribution is -2.43. The van der Waals surface area contributed by atoms with Gasteiger partial charge < -0.3 is 9.47 Å². The SMILES string of the molecule is [2H]c1c([2H])c(C(=O)c2ccc(Cl)c(C)c2)c(C)c([2H])c1OC(C)(CC)C(=O)OC(C)CC. The fourth-order valence-electron chi connectivity index (χ4n) is 2.56. The summed E-state index contributed by atoms with van der Waals surface area (Å²) in [7, 11) is 0. The molecule has 0 heterocycles. The van der Waals surface area contributed by atoms with E-state index in [4.69, 9.17) is 25.2 Å². The molecule has 2 aromatic rings. The first kappa shape index (κ1) is 18.7. The Bertz CT molecular complexity index is 1030. The average Bonchev–Trinajstić information content (AvgIpc) is 2.76. The van der Waals surface area contributed by atoms with E-state index >= 15 is 0 Å². The Kier molecular flexibility index (Phi) is 6.09. The molecule has 0 aliphatic heterocycles. The molecule has 4 nitrogen and oxygen atoms in total. The number of ether oxygens (including phenoxy) is 2. The van der Waals surface area contributed by atoms with E-state index in [-0.39, 0.29) is 41.5 Å². The first-order chi connectivity index (χ1) is 14.9. The van der Waals surface area contributed by atoms with E-state index in [9.17, 15) is 9.59 Å². The second kappa shape index (κ2) is 9.45. The summed E-state index contributed by atoms with van der Waals surface area (Å²) in [5, 5.41) is 0.513. The van der Waals surface area contributed by atoms with E-state index in [0.717, 1.165) is 0 Å². The van der Waals surface area contributed by atoms with Crippen LogP contribution in [0.4, 0.5) is 0 Å². The number of esters is 1. The molecular weight excluding hydrogens is 388 g/mol. The zero-order chi connectivity index (χ0) is 24.4. The molecule has 0 radical (unpaired) electrons. The van der Waals surface area contributed by atoms with E-state index < -0.39 is 23.4 Å². The summed E-state index contributed by atoms with van der Waals surface area (Å²) in [6, 6.07) is 3.76. The van der Waals surface area contributed by atoms with Gasteiger partial charge in [0.1, 0.15) is 5.75 Å². The van der Waals surface area contributed by atoms with Gasteiger partial charge in [-0.25, -0.2) is 4.79 Å². The van der Waals surface area contributed by atoms with Crippen LogP contribution in [-0.2, 0) is 9.53 Å². The van der Waals surface area contributed by atoms with Crippen LogP contribution in [0.3, 0.4) is 0 Å². The molecule has 0 amide bonds. The lowest BCUT2D eigenvalue weighted by atomic mass is 9.97. The summed E-state index contributed by atoms with van der Waals surface area (Å²) in [5.41, 5.74) is -0.266. The molecule has 0 saturated carbocycles. The Morgan fingerprint density at radius 1 is 1.21 bits per heavy atom. The predicted octanol–water partition coefficient (Wildman–Crippen LogP) is 6.08. The van der Waals surface area contributed by atoms with Crippen molar-refractivity contribution in [3.05, 3.63) is 63.6 Å². The number of hydrogen-bond donors (Lipinski definition) is 0. The van der Waals surface area contributed by atoms with Crippen molar-refractivity contribution in [1.82, 2.24) is 0 Å². The van der Waals surface area contributed by atoms with Crippen LogP contribution in [0.1, 0.15) is 71.7 Å². The second-order valence-electron chi connectivity index (χ2n) is 7.31. The molecule has 0 N–H and O–H groups in total. The lowest BCUT2D eigenvalue weighted by Gasteiger charge is -2.29. The highest BCUT2D eigenvalue weighted by Crippen LogP contribution is 2.27. The van der Waals surface area contributed by atoms with Crippen molar-refractivity contribution in [2.75, 3.05) is 0 Å². The van der Waals surface area contributed by atoms with Crippen LogP contribution in [0.5, 0.6) is 5.75 Å². The van der Waals surface area contributed by atoms with Crippen LogP contribution in [-0.4, -0.2) is 23.5 Å². The maximum Gasteiger partial charge on any atom is 0.350 e. The van der Waals surface area contributed by atoms with Crippen LogP contribution in [0.25, 0.3) is 0 Å². The smallest absolute Gasteiger partial charge is 0.350 e. The van der Waals surface area contributed by atoms with Gasteiger partial charge in [-0.1, -0.05) is 25.4 Å². The molecule has 2 atom stereocenters. The van der Waals surface area contributed by atoms with E-state index in [0.29, 0.717) is 22.6 Å². The third-order valence-electron chi connectivity index (χ3n) is 4.94. The Hall–Kier alpha value is -2.33. The Morgan fingerprint density at radius 3 is 2.48 bits per heavy atom. The van der Waals surface area contributed by atoms with Crippen molar-refractivity contribution in [2.24, 2.45) is 0 Å². The van der Waals surface area contributed by atoms with Gasteiger partial charge in [0.15, 0.2) is 5.78 Å². The van der Waals surface area contributed by atoms with Crippen molar-refractivity contribution >= 4 is 23.4 Å². The summed E-state index contributed by atoms with van der Waals surface area (Å²) in [4.78, 5) is 25.8. The molecular formula is C24H29ClO4. The molecule has 0 aliphatic rings. The molecule has 0 spiro atoms. The van der Waals surface area contributed by atoms with Gasteiger partial charge >= 0.3 is 5.97 Å². The largest absolute Gasteiger partial charge is 0.476 e. The molecule has 2 aromatic carbocycles. The minimum absolute atomic E-state index is 0.0468. The summed E-state index contributed by atoms with van der Waals surface area (Å²) >= 11 is 6.04. The quantitative estimate of drug-likeness (QED) is 0.384. The summed E-state index contributed by atoms with van der Waals surface area (Å²) in [6.07, 6.45) is 0.563. The first-order valence-electron chi connectivity index (χ1n) is 11.2. The number of ketones is 1. The zero-order valence-electron chi connectivity index (χ0n) is 20.7. The Labute approximate surface area is 182 Å². The van der Waals surface area contributed by atoms with Crippen LogP contribution in [0.15, 0.2) is 36.3 Å². The Morgan fingerprint density at radius 2 is 1.90 bits per heavy atom. The monoisotopic (exact) mass is 419 g/mol. The van der Waals surface area contributed by atoms with Crippen LogP contribution < -0.4 is 4.74 Å². The van der Waals surface area contributed by atoms with Crippen molar-refractivity contribution in [2.45, 2.75) is 66.1 Å². The number of carbonyl (C=O) groups is 2. The second-order valence-corrected chi connectivity index (χ2v) is 7.72. The number of benzene rings is 2. The molecule has 0 bridgehead atoms. The van der Waals surface area contributed by atoms with Gasteiger partial charge in [0.2, 0.25) is 5.60 Å². The number of rotatable bonds is 8. The third kappa shape index (κ3) is 5.39. The maximum absolute atomic E-state index is 13.1. The van der Waals surface area contributed by atoms with Gasteiger partial charge in [0.25, 0.3) is 0 Å². The minimum Gasteiger partial charge on any atom is -0.476 e. The fourth-order valence-corrected chi connectivity index (χ4v) is 2.68. The number of carbonyl (C=O) groups excluding carboxylic acids is 2. The first-order valence-corrected chi connectivity index (χ1v) is 10.1. The third-order valence-corrected chi connectivity index (χ3v) is 5.37. The van der Waals surface area contributed by atoms with Gasteiger partial charge in [-0.3, -0.25) is 4.79 Å². The molecule has 0 saturated heterocycles. The number of aryl methyl sites for hydroxylation is 1. The van der Waals surface area contributed by atoms with Gasteiger partial charge in [0, 0.05) is 16.1 Å². The normalized spacial score (nSPS) is 15.5. The highest BCUT2D eigenvalue weighted by molar-refractivity contribution is 6.31. The van der Waals surface area contributed by atoms with Crippen molar-refractivity contribution in [3.8, 4) is 5.75 Å². The molecule has 0 fully saturated rings. The molecule has 156 valence electrons. The van der Waals surface area contributed by atoms with Crippen molar-refractivity contribution in [3.63, 3.8) is 0 Å². The van der Waals surface area contributed by atoms with Crippen LogP contribution >= 0.6 is 11.6 Å². The van der Waals surface area contributed by atoms with Gasteiger partial charge in [0.05, 0.1) is 10.2 Å².